The first-order valence-electron chi connectivity index (χ1n) is 27.2. The molecule has 0 rings (SSSR count). The Balaban J connectivity index is 3.53. The van der Waals surface area contributed by atoms with Gasteiger partial charge in [-0.05, 0) is 64.2 Å². The van der Waals surface area contributed by atoms with Crippen LogP contribution in [0.1, 0.15) is 271 Å². The van der Waals surface area contributed by atoms with Gasteiger partial charge in [-0.15, -0.1) is 0 Å². The van der Waals surface area contributed by atoms with Crippen LogP contribution in [-0.4, -0.2) is 34.9 Å². The Morgan fingerprint density at radius 3 is 1.06 bits per heavy atom. The van der Waals surface area contributed by atoms with Crippen molar-refractivity contribution < 1.29 is 15.0 Å². The van der Waals surface area contributed by atoms with Crippen LogP contribution >= 0.6 is 0 Å². The third-order valence-electron chi connectivity index (χ3n) is 12.2. The van der Waals surface area contributed by atoms with Crippen LogP contribution < -0.4 is 5.32 Å². The van der Waals surface area contributed by atoms with Gasteiger partial charge in [-0.25, -0.2) is 0 Å². The minimum absolute atomic E-state index is 0.0951. The zero-order chi connectivity index (χ0) is 44.9. The summed E-state index contributed by atoms with van der Waals surface area (Å²) >= 11 is 0. The maximum absolute atomic E-state index is 12.4. The standard InChI is InChI=1S/C58H105NO3/c1-3-5-7-9-11-13-15-17-19-21-23-24-25-26-27-28-29-30-31-32-33-34-36-37-39-41-43-45-47-49-51-53-57(61)56(55-60)59-58(62)54-52-50-48-46-44-42-40-38-35-22-20-18-16-14-12-10-8-6-4-2/h6,8,12,14,18,20,35,38,42,44,51,53,56-57,60-61H,3-5,7,9-11,13,15-17,19,21-34,36-37,39-41,43,45-50,52,54-55H2,1-2H3,(H,59,62)/b8-6-,14-12-,20-18-,38-35-,44-42-,53-51+. The van der Waals surface area contributed by atoms with Gasteiger partial charge in [-0.1, -0.05) is 273 Å². The van der Waals surface area contributed by atoms with Crippen molar-refractivity contribution in [3.05, 3.63) is 72.9 Å². The number of unbranched alkanes of at least 4 members (excludes halogenated alkanes) is 32. The first-order valence-corrected chi connectivity index (χ1v) is 27.2. The average Bonchev–Trinajstić information content (AvgIpc) is 3.28. The summed E-state index contributed by atoms with van der Waals surface area (Å²) in [6.07, 6.45) is 76.3. The number of amides is 1. The highest BCUT2D eigenvalue weighted by atomic mass is 16.3. The Morgan fingerprint density at radius 2 is 0.710 bits per heavy atom. The van der Waals surface area contributed by atoms with Crippen LogP contribution in [0.5, 0.6) is 0 Å². The van der Waals surface area contributed by atoms with Crippen LogP contribution in [0.2, 0.25) is 0 Å². The molecule has 0 aromatic heterocycles. The molecule has 0 spiro atoms. The van der Waals surface area contributed by atoms with Crippen molar-refractivity contribution in [1.29, 1.82) is 0 Å². The summed E-state index contributed by atoms with van der Waals surface area (Å²) < 4.78 is 0. The fourth-order valence-corrected chi connectivity index (χ4v) is 8.09. The van der Waals surface area contributed by atoms with Crippen LogP contribution in [0.25, 0.3) is 0 Å². The van der Waals surface area contributed by atoms with Crippen molar-refractivity contribution in [2.75, 3.05) is 6.61 Å². The van der Waals surface area contributed by atoms with Gasteiger partial charge >= 0.3 is 0 Å². The van der Waals surface area contributed by atoms with Crippen molar-refractivity contribution >= 4 is 5.91 Å². The zero-order valence-electron chi connectivity index (χ0n) is 41.4. The highest BCUT2D eigenvalue weighted by Crippen LogP contribution is 2.17. The minimum Gasteiger partial charge on any atom is -0.394 e. The lowest BCUT2D eigenvalue weighted by atomic mass is 10.0. The third-order valence-corrected chi connectivity index (χ3v) is 12.2. The molecule has 0 saturated carbocycles. The molecule has 0 bridgehead atoms. The number of nitrogens with one attached hydrogen (secondary N) is 1. The molecule has 0 aliphatic carbocycles. The smallest absolute Gasteiger partial charge is 0.220 e. The molecule has 1 amide bonds. The molecule has 0 saturated heterocycles. The molecule has 0 fully saturated rings. The minimum atomic E-state index is -0.858. The normalized spacial score (nSPS) is 13.4. The van der Waals surface area contributed by atoms with Crippen LogP contribution in [0.3, 0.4) is 0 Å². The number of hydrogen-bond acceptors (Lipinski definition) is 3. The molecule has 0 radical (unpaired) electrons. The summed E-state index contributed by atoms with van der Waals surface area (Å²) in [6.45, 7) is 4.20. The van der Waals surface area contributed by atoms with Crippen molar-refractivity contribution in [2.24, 2.45) is 0 Å². The van der Waals surface area contributed by atoms with Crippen LogP contribution in [0, 0.1) is 0 Å². The number of hydrogen-bond donors (Lipinski definition) is 3. The lowest BCUT2D eigenvalue weighted by Gasteiger charge is -2.19. The number of carbonyl (C=O) groups is 1. The zero-order valence-corrected chi connectivity index (χ0v) is 41.4. The predicted molar refractivity (Wildman–Crippen MR) is 276 cm³/mol. The van der Waals surface area contributed by atoms with Gasteiger partial charge in [0.25, 0.3) is 0 Å². The van der Waals surface area contributed by atoms with Crippen LogP contribution in [-0.2, 0) is 4.79 Å². The molecule has 360 valence electrons. The average molecular weight is 864 g/mol. The van der Waals surface area contributed by atoms with E-state index in [4.69, 9.17) is 0 Å². The van der Waals surface area contributed by atoms with E-state index < -0.39 is 12.1 Å². The second kappa shape index (κ2) is 53.2. The predicted octanol–water partition coefficient (Wildman–Crippen LogP) is 17.8. The number of aliphatic hydroxyl groups is 2. The van der Waals surface area contributed by atoms with E-state index in [1.165, 1.54) is 180 Å². The van der Waals surface area contributed by atoms with E-state index in [0.717, 1.165) is 70.6 Å². The molecule has 0 aromatic carbocycles. The molecule has 0 aliphatic rings. The van der Waals surface area contributed by atoms with Gasteiger partial charge in [0.2, 0.25) is 5.91 Å². The van der Waals surface area contributed by atoms with Crippen LogP contribution in [0.4, 0.5) is 0 Å². The van der Waals surface area contributed by atoms with Gasteiger partial charge in [-0.3, -0.25) is 4.79 Å². The van der Waals surface area contributed by atoms with E-state index in [-0.39, 0.29) is 12.5 Å². The first-order chi connectivity index (χ1) is 30.7. The SMILES string of the molecule is CC/C=C\C/C=C\C/C=C\C/C=C\C/C=C\CCCCCC(=O)NC(CO)C(O)/C=C/CCCCCCCCCCCCCCCCCCCCCCCCCCCCCCC. The monoisotopic (exact) mass is 864 g/mol. The van der Waals surface area contributed by atoms with E-state index in [1.54, 1.807) is 6.08 Å². The van der Waals surface area contributed by atoms with Crippen molar-refractivity contribution in [1.82, 2.24) is 5.32 Å². The molecular weight excluding hydrogens is 759 g/mol. The quantitative estimate of drug-likeness (QED) is 0.0421. The van der Waals surface area contributed by atoms with Gasteiger partial charge in [0.1, 0.15) is 0 Å². The lowest BCUT2D eigenvalue weighted by Crippen LogP contribution is -2.45. The molecular formula is C58H105NO3. The number of rotatable bonds is 49. The van der Waals surface area contributed by atoms with Crippen molar-refractivity contribution in [3.63, 3.8) is 0 Å². The Bertz CT molecular complexity index is 1070. The van der Waals surface area contributed by atoms with E-state index in [0.29, 0.717) is 6.42 Å². The van der Waals surface area contributed by atoms with Gasteiger partial charge < -0.3 is 15.5 Å². The number of carbonyl (C=O) groups excluding carboxylic acids is 1. The Kier molecular flexibility index (Phi) is 51.3. The fourth-order valence-electron chi connectivity index (χ4n) is 8.09. The molecule has 0 aliphatic heterocycles. The van der Waals surface area contributed by atoms with Gasteiger partial charge in [0, 0.05) is 6.42 Å². The molecule has 4 nitrogen and oxygen atoms in total. The maximum atomic E-state index is 12.4. The second-order valence-corrected chi connectivity index (χ2v) is 18.3. The maximum Gasteiger partial charge on any atom is 0.220 e. The number of aliphatic hydroxyl groups excluding tert-OH is 2. The molecule has 62 heavy (non-hydrogen) atoms. The lowest BCUT2D eigenvalue weighted by molar-refractivity contribution is -0.123. The van der Waals surface area contributed by atoms with Gasteiger partial charge in [-0.2, -0.15) is 0 Å². The van der Waals surface area contributed by atoms with E-state index >= 15 is 0 Å². The molecule has 3 N–H and O–H groups in total. The summed E-state index contributed by atoms with van der Waals surface area (Å²) in [5.74, 6) is -0.0951. The van der Waals surface area contributed by atoms with E-state index in [9.17, 15) is 15.0 Å². The Morgan fingerprint density at radius 1 is 0.403 bits per heavy atom. The summed E-state index contributed by atoms with van der Waals surface area (Å²) in [4.78, 5) is 12.4. The van der Waals surface area contributed by atoms with E-state index in [2.05, 4.69) is 79.9 Å². The van der Waals surface area contributed by atoms with Crippen molar-refractivity contribution in [2.45, 2.75) is 283 Å². The third kappa shape index (κ3) is 48.9. The highest BCUT2D eigenvalue weighted by Gasteiger charge is 2.18. The number of allylic oxidation sites excluding steroid dienone is 11. The van der Waals surface area contributed by atoms with Gasteiger partial charge in [0.05, 0.1) is 18.8 Å². The fraction of sp³-hybridized carbons (Fsp3) is 0.776. The van der Waals surface area contributed by atoms with Gasteiger partial charge in [0.15, 0.2) is 0 Å². The summed E-state index contributed by atoms with van der Waals surface area (Å²) in [5, 5.41) is 23.1. The Hall–Kier alpha value is -2.17. The van der Waals surface area contributed by atoms with Crippen molar-refractivity contribution in [3.8, 4) is 0 Å². The molecule has 0 aromatic rings. The summed E-state index contributed by atoms with van der Waals surface area (Å²) in [5.41, 5.74) is 0. The van der Waals surface area contributed by atoms with E-state index in [1.807, 2.05) is 6.08 Å². The summed E-state index contributed by atoms with van der Waals surface area (Å²) in [6, 6.07) is -0.645. The molecule has 2 unspecified atom stereocenters. The highest BCUT2D eigenvalue weighted by molar-refractivity contribution is 5.76. The Labute approximate surface area is 387 Å². The largest absolute Gasteiger partial charge is 0.394 e. The molecule has 0 heterocycles. The second-order valence-electron chi connectivity index (χ2n) is 18.3. The molecule has 4 heteroatoms. The summed E-state index contributed by atoms with van der Waals surface area (Å²) in [7, 11) is 0. The first kappa shape index (κ1) is 59.8. The van der Waals surface area contributed by atoms with Crippen LogP contribution in [0.15, 0.2) is 72.9 Å². The molecule has 2 atom stereocenters. The topological polar surface area (TPSA) is 69.6 Å².